The smallest absolute Gasteiger partial charge is 0.325 e. The highest BCUT2D eigenvalue weighted by Gasteiger charge is 2.49. The topological polar surface area (TPSA) is 90.0 Å². The summed E-state index contributed by atoms with van der Waals surface area (Å²) in [6, 6.07) is 6.34. The van der Waals surface area contributed by atoms with Gasteiger partial charge in [-0.3, -0.25) is 24.1 Å². The molecule has 0 spiro atoms. The zero-order valence-electron chi connectivity index (χ0n) is 13.8. The molecule has 0 aliphatic carbocycles. The fourth-order valence-electron chi connectivity index (χ4n) is 2.49. The van der Waals surface area contributed by atoms with Gasteiger partial charge in [-0.2, -0.15) is 0 Å². The van der Waals surface area contributed by atoms with E-state index in [1.54, 1.807) is 26.0 Å². The summed E-state index contributed by atoms with van der Waals surface area (Å²) in [5.41, 5.74) is -1.28. The zero-order chi connectivity index (χ0) is 17.9. The van der Waals surface area contributed by atoms with Gasteiger partial charge in [0.15, 0.2) is 5.41 Å². The lowest BCUT2D eigenvalue weighted by atomic mass is 9.90. The average molecular weight is 333 g/mol. The van der Waals surface area contributed by atoms with E-state index in [2.05, 4.69) is 0 Å². The average Bonchev–Trinajstić information content (AvgIpc) is 2.80. The number of imide groups is 1. The van der Waals surface area contributed by atoms with Gasteiger partial charge in [-0.15, -0.1) is 0 Å². The first-order valence-electron chi connectivity index (χ1n) is 7.66. The fraction of sp³-hybridized carbons (Fsp3) is 0.412. The molecule has 2 rings (SSSR count). The molecule has 0 saturated carbocycles. The van der Waals surface area contributed by atoms with Gasteiger partial charge in [0.2, 0.25) is 0 Å². The quantitative estimate of drug-likeness (QED) is 0.444. The van der Waals surface area contributed by atoms with Crippen LogP contribution < -0.4 is 0 Å². The number of rotatable bonds is 6. The molecule has 0 fully saturated rings. The van der Waals surface area contributed by atoms with E-state index in [9.17, 15) is 19.2 Å². The Kier molecular flexibility index (Phi) is 5.02. The van der Waals surface area contributed by atoms with E-state index in [1.807, 2.05) is 0 Å². The van der Waals surface area contributed by atoms with E-state index < -0.39 is 35.7 Å². The number of hydrogen-bond acceptors (Lipinski definition) is 6. The normalized spacial score (nSPS) is 13.7. The van der Waals surface area contributed by atoms with E-state index >= 15 is 0 Å². The van der Waals surface area contributed by atoms with Gasteiger partial charge in [0.05, 0.1) is 30.9 Å². The Balaban J connectivity index is 2.34. The molecule has 1 aliphatic rings. The lowest BCUT2D eigenvalue weighted by molar-refractivity contribution is -0.171. The van der Waals surface area contributed by atoms with Crippen LogP contribution in [0, 0.1) is 5.41 Å². The molecule has 0 unspecified atom stereocenters. The van der Waals surface area contributed by atoms with Crippen molar-refractivity contribution in [3.05, 3.63) is 35.4 Å². The number of benzene rings is 1. The Morgan fingerprint density at radius 2 is 1.38 bits per heavy atom. The second kappa shape index (κ2) is 6.82. The van der Waals surface area contributed by atoms with E-state index in [0.29, 0.717) is 0 Å². The maximum atomic E-state index is 12.4. The third-order valence-electron chi connectivity index (χ3n) is 3.80. The van der Waals surface area contributed by atoms with Crippen molar-refractivity contribution in [2.45, 2.75) is 20.8 Å². The number of carbonyl (C=O) groups is 4. The third kappa shape index (κ3) is 2.89. The largest absolute Gasteiger partial charge is 0.465 e. The van der Waals surface area contributed by atoms with Crippen molar-refractivity contribution in [3.8, 4) is 0 Å². The standard InChI is InChI=1S/C17H19NO6/c1-4-23-15(21)17(3,16(22)24-5-2)10-18-13(19)11-8-6-7-9-12(11)14(18)20/h6-9H,4-5,10H2,1-3H3. The summed E-state index contributed by atoms with van der Waals surface area (Å²) in [4.78, 5) is 50.3. The molecule has 0 N–H and O–H groups in total. The number of amides is 2. The minimum Gasteiger partial charge on any atom is -0.465 e. The third-order valence-corrected chi connectivity index (χ3v) is 3.80. The van der Waals surface area contributed by atoms with E-state index in [-0.39, 0.29) is 24.3 Å². The molecule has 0 bridgehead atoms. The monoisotopic (exact) mass is 333 g/mol. The van der Waals surface area contributed by atoms with Crippen LogP contribution in [-0.2, 0) is 19.1 Å². The van der Waals surface area contributed by atoms with Gasteiger partial charge in [0, 0.05) is 0 Å². The van der Waals surface area contributed by atoms with Crippen molar-refractivity contribution in [1.29, 1.82) is 0 Å². The van der Waals surface area contributed by atoms with Gasteiger partial charge in [-0.05, 0) is 32.9 Å². The fourth-order valence-corrected chi connectivity index (χ4v) is 2.49. The van der Waals surface area contributed by atoms with Gasteiger partial charge < -0.3 is 9.47 Å². The van der Waals surface area contributed by atoms with Crippen molar-refractivity contribution < 1.29 is 28.7 Å². The number of ether oxygens (including phenoxy) is 2. The van der Waals surface area contributed by atoms with Gasteiger partial charge in [0.25, 0.3) is 11.8 Å². The van der Waals surface area contributed by atoms with Crippen LogP contribution in [-0.4, -0.2) is 48.4 Å². The first-order chi connectivity index (χ1) is 11.4. The van der Waals surface area contributed by atoms with Gasteiger partial charge in [0.1, 0.15) is 0 Å². The number of nitrogens with zero attached hydrogens (tertiary/aromatic N) is 1. The Morgan fingerprint density at radius 3 is 1.75 bits per heavy atom. The summed E-state index contributed by atoms with van der Waals surface area (Å²) in [5, 5.41) is 0. The number of esters is 2. The van der Waals surface area contributed by atoms with Crippen molar-refractivity contribution in [1.82, 2.24) is 4.90 Å². The van der Waals surface area contributed by atoms with E-state index in [4.69, 9.17) is 9.47 Å². The van der Waals surface area contributed by atoms with Gasteiger partial charge in [-0.1, -0.05) is 12.1 Å². The van der Waals surface area contributed by atoms with Crippen LogP contribution in [0.5, 0.6) is 0 Å². The minimum atomic E-state index is -1.78. The highest BCUT2D eigenvalue weighted by atomic mass is 16.6. The predicted octanol–water partition coefficient (Wildman–Crippen LogP) is 1.42. The highest BCUT2D eigenvalue weighted by molar-refractivity contribution is 6.21. The molecule has 0 atom stereocenters. The molecule has 0 radical (unpaired) electrons. The maximum absolute atomic E-state index is 12.4. The predicted molar refractivity (Wildman–Crippen MR) is 83.2 cm³/mol. The Bertz CT molecular complexity index is 643. The van der Waals surface area contributed by atoms with Crippen LogP contribution >= 0.6 is 0 Å². The number of fused-ring (bicyclic) bond motifs is 1. The van der Waals surface area contributed by atoms with E-state index in [0.717, 1.165) is 4.90 Å². The van der Waals surface area contributed by atoms with Crippen LogP contribution in [0.3, 0.4) is 0 Å². The first kappa shape index (κ1) is 17.7. The first-order valence-corrected chi connectivity index (χ1v) is 7.66. The molecule has 7 nitrogen and oxygen atoms in total. The van der Waals surface area contributed by atoms with Gasteiger partial charge in [-0.25, -0.2) is 0 Å². The molecule has 0 saturated heterocycles. The van der Waals surface area contributed by atoms with E-state index in [1.165, 1.54) is 19.1 Å². The minimum absolute atomic E-state index is 0.0654. The van der Waals surface area contributed by atoms with Crippen molar-refractivity contribution >= 4 is 23.8 Å². The second-order valence-corrected chi connectivity index (χ2v) is 5.52. The lowest BCUT2D eigenvalue weighted by Crippen LogP contribution is -2.50. The van der Waals surface area contributed by atoms with Crippen LogP contribution in [0.15, 0.2) is 24.3 Å². The molecule has 1 aromatic carbocycles. The van der Waals surface area contributed by atoms with Crippen molar-refractivity contribution in [2.24, 2.45) is 5.41 Å². The molecule has 1 aromatic rings. The molecule has 0 aromatic heterocycles. The highest BCUT2D eigenvalue weighted by Crippen LogP contribution is 2.29. The van der Waals surface area contributed by atoms with Crippen LogP contribution in [0.1, 0.15) is 41.5 Å². The number of carbonyl (C=O) groups excluding carboxylic acids is 4. The molecular weight excluding hydrogens is 314 g/mol. The Morgan fingerprint density at radius 1 is 0.958 bits per heavy atom. The lowest BCUT2D eigenvalue weighted by Gasteiger charge is -2.28. The van der Waals surface area contributed by atoms with Crippen LogP contribution in [0.2, 0.25) is 0 Å². The van der Waals surface area contributed by atoms with Crippen molar-refractivity contribution in [2.75, 3.05) is 19.8 Å². The molecular formula is C17H19NO6. The van der Waals surface area contributed by atoms with Crippen molar-refractivity contribution in [3.63, 3.8) is 0 Å². The summed E-state index contributed by atoms with van der Waals surface area (Å²) in [5.74, 6) is -2.76. The Labute approximate surface area is 139 Å². The summed E-state index contributed by atoms with van der Waals surface area (Å²) < 4.78 is 9.89. The summed E-state index contributed by atoms with van der Waals surface area (Å²) in [7, 11) is 0. The molecule has 24 heavy (non-hydrogen) atoms. The SMILES string of the molecule is CCOC(=O)C(C)(CN1C(=O)c2ccccc2C1=O)C(=O)OCC. The summed E-state index contributed by atoms with van der Waals surface area (Å²) >= 11 is 0. The second-order valence-electron chi connectivity index (χ2n) is 5.52. The maximum Gasteiger partial charge on any atom is 0.325 e. The molecule has 1 aliphatic heterocycles. The Hall–Kier alpha value is -2.70. The summed E-state index contributed by atoms with van der Waals surface area (Å²) in [6.07, 6.45) is 0. The van der Waals surface area contributed by atoms with Crippen LogP contribution in [0.25, 0.3) is 0 Å². The van der Waals surface area contributed by atoms with Crippen LogP contribution in [0.4, 0.5) is 0 Å². The molecule has 7 heteroatoms. The number of hydrogen-bond donors (Lipinski definition) is 0. The van der Waals surface area contributed by atoms with Gasteiger partial charge >= 0.3 is 11.9 Å². The molecule has 128 valence electrons. The molecule has 1 heterocycles. The summed E-state index contributed by atoms with van der Waals surface area (Å²) in [6.45, 7) is 4.21. The zero-order valence-corrected chi connectivity index (χ0v) is 13.8. The molecule has 2 amide bonds.